The first-order valence-electron chi connectivity index (χ1n) is 7.47. The number of methoxy groups -OCH3 is 1. The van der Waals surface area contributed by atoms with Crippen molar-refractivity contribution in [1.29, 1.82) is 0 Å². The van der Waals surface area contributed by atoms with E-state index in [1.54, 1.807) is 0 Å². The van der Waals surface area contributed by atoms with Gasteiger partial charge in [-0.05, 0) is 65.6 Å². The number of likely N-dealkylation sites (tertiary alicyclic amines) is 1. The molecule has 0 bridgehead atoms. The lowest BCUT2D eigenvalue weighted by Gasteiger charge is -2.20. The van der Waals surface area contributed by atoms with Crippen LogP contribution in [0.2, 0.25) is 0 Å². The Morgan fingerprint density at radius 2 is 2.00 bits per heavy atom. The molecule has 1 N–H and O–H groups in total. The molecule has 3 heteroatoms. The zero-order valence-electron chi connectivity index (χ0n) is 12.8. The maximum absolute atomic E-state index is 5.23. The second-order valence-electron chi connectivity index (χ2n) is 6.65. The van der Waals surface area contributed by atoms with Gasteiger partial charge in [-0.2, -0.15) is 0 Å². The third-order valence-corrected chi connectivity index (χ3v) is 3.58. The van der Waals surface area contributed by atoms with Crippen LogP contribution in [0.25, 0.3) is 0 Å². The number of unbranched alkanes of at least 4 members (excludes halogenated alkanes) is 2. The molecule has 1 atom stereocenters. The van der Waals surface area contributed by atoms with Crippen LogP contribution in [0.5, 0.6) is 0 Å². The van der Waals surface area contributed by atoms with E-state index in [2.05, 4.69) is 31.0 Å². The molecule has 18 heavy (non-hydrogen) atoms. The summed E-state index contributed by atoms with van der Waals surface area (Å²) >= 11 is 0. The van der Waals surface area contributed by atoms with Gasteiger partial charge in [-0.15, -0.1) is 0 Å². The molecule has 1 fully saturated rings. The second-order valence-corrected chi connectivity index (χ2v) is 6.65. The largest absolute Gasteiger partial charge is 0.384 e. The SMILES string of the molecule is COCC1CCN(CCCCCNC(C)(C)C)C1. The zero-order valence-corrected chi connectivity index (χ0v) is 12.8. The van der Waals surface area contributed by atoms with Crippen molar-refractivity contribution in [2.24, 2.45) is 5.92 Å². The fraction of sp³-hybridized carbons (Fsp3) is 1.00. The van der Waals surface area contributed by atoms with Gasteiger partial charge in [-0.25, -0.2) is 0 Å². The van der Waals surface area contributed by atoms with E-state index < -0.39 is 0 Å². The highest BCUT2D eigenvalue weighted by atomic mass is 16.5. The highest BCUT2D eigenvalue weighted by Crippen LogP contribution is 2.16. The van der Waals surface area contributed by atoms with Gasteiger partial charge in [0.15, 0.2) is 0 Å². The van der Waals surface area contributed by atoms with Crippen molar-refractivity contribution in [3.63, 3.8) is 0 Å². The topological polar surface area (TPSA) is 24.5 Å². The molecular formula is C15H32N2O. The van der Waals surface area contributed by atoms with Crippen molar-refractivity contribution in [3.05, 3.63) is 0 Å². The monoisotopic (exact) mass is 256 g/mol. The molecule has 1 aliphatic heterocycles. The van der Waals surface area contributed by atoms with E-state index in [0.717, 1.165) is 19.1 Å². The lowest BCUT2D eigenvalue weighted by atomic mass is 10.1. The molecule has 0 saturated carbocycles. The summed E-state index contributed by atoms with van der Waals surface area (Å²) in [5.74, 6) is 0.776. The molecule has 3 nitrogen and oxygen atoms in total. The minimum Gasteiger partial charge on any atom is -0.384 e. The van der Waals surface area contributed by atoms with Gasteiger partial charge >= 0.3 is 0 Å². The predicted molar refractivity (Wildman–Crippen MR) is 78.0 cm³/mol. The Labute approximate surface area is 113 Å². The fourth-order valence-electron chi connectivity index (χ4n) is 2.59. The molecule has 1 rings (SSSR count). The van der Waals surface area contributed by atoms with Crippen LogP contribution in [0.1, 0.15) is 46.5 Å². The van der Waals surface area contributed by atoms with Crippen molar-refractivity contribution in [1.82, 2.24) is 10.2 Å². The lowest BCUT2D eigenvalue weighted by molar-refractivity contribution is 0.153. The quantitative estimate of drug-likeness (QED) is 0.675. The molecule has 0 aromatic heterocycles. The zero-order chi connectivity index (χ0) is 13.4. The van der Waals surface area contributed by atoms with Gasteiger partial charge in [0, 0.05) is 19.2 Å². The number of hydrogen-bond acceptors (Lipinski definition) is 3. The highest BCUT2D eigenvalue weighted by molar-refractivity contribution is 4.75. The number of rotatable bonds is 8. The Morgan fingerprint density at radius 1 is 1.22 bits per heavy atom. The standard InChI is InChI=1S/C15H32N2O/c1-15(2,3)16-9-6-5-7-10-17-11-8-14(12-17)13-18-4/h14,16H,5-13H2,1-4H3. The molecule has 0 radical (unpaired) electrons. The van der Waals surface area contributed by atoms with Crippen molar-refractivity contribution in [2.45, 2.75) is 52.0 Å². The van der Waals surface area contributed by atoms with E-state index in [4.69, 9.17) is 4.74 Å². The molecule has 0 aliphatic carbocycles. The van der Waals surface area contributed by atoms with E-state index in [1.807, 2.05) is 7.11 Å². The summed E-state index contributed by atoms with van der Waals surface area (Å²) in [5, 5.41) is 3.54. The van der Waals surface area contributed by atoms with Crippen LogP contribution < -0.4 is 5.32 Å². The Morgan fingerprint density at radius 3 is 2.67 bits per heavy atom. The summed E-state index contributed by atoms with van der Waals surface area (Å²) in [7, 11) is 1.81. The smallest absolute Gasteiger partial charge is 0.0503 e. The van der Waals surface area contributed by atoms with Crippen molar-refractivity contribution < 1.29 is 4.74 Å². The summed E-state index contributed by atoms with van der Waals surface area (Å²) in [6, 6.07) is 0. The van der Waals surface area contributed by atoms with Gasteiger partial charge in [0.1, 0.15) is 0 Å². The maximum atomic E-state index is 5.23. The number of nitrogens with zero attached hydrogens (tertiary/aromatic N) is 1. The Bertz CT molecular complexity index is 213. The Balaban J connectivity index is 1.93. The van der Waals surface area contributed by atoms with Crippen LogP contribution in [0.4, 0.5) is 0 Å². The van der Waals surface area contributed by atoms with Gasteiger partial charge in [0.05, 0.1) is 6.61 Å². The summed E-state index contributed by atoms with van der Waals surface area (Å²) in [4.78, 5) is 2.60. The molecule has 0 amide bonds. The fourth-order valence-corrected chi connectivity index (χ4v) is 2.59. The number of ether oxygens (including phenoxy) is 1. The average Bonchev–Trinajstić information content (AvgIpc) is 2.70. The third-order valence-electron chi connectivity index (χ3n) is 3.58. The number of hydrogen-bond donors (Lipinski definition) is 1. The van der Waals surface area contributed by atoms with Crippen LogP contribution in [0, 0.1) is 5.92 Å². The first kappa shape index (κ1) is 15.9. The molecule has 0 aromatic rings. The van der Waals surface area contributed by atoms with Crippen molar-refractivity contribution in [2.75, 3.05) is 39.9 Å². The van der Waals surface area contributed by atoms with Crippen LogP contribution in [0.3, 0.4) is 0 Å². The molecule has 1 unspecified atom stereocenters. The predicted octanol–water partition coefficient (Wildman–Crippen LogP) is 2.51. The van der Waals surface area contributed by atoms with Crippen LogP contribution >= 0.6 is 0 Å². The molecule has 0 spiro atoms. The Hall–Kier alpha value is -0.120. The van der Waals surface area contributed by atoms with E-state index in [0.29, 0.717) is 0 Å². The first-order chi connectivity index (χ1) is 8.51. The van der Waals surface area contributed by atoms with Crippen LogP contribution in [-0.4, -0.2) is 50.3 Å². The normalized spacial score (nSPS) is 21.7. The molecular weight excluding hydrogens is 224 g/mol. The molecule has 1 aliphatic rings. The van der Waals surface area contributed by atoms with Gasteiger partial charge in [-0.3, -0.25) is 0 Å². The second kappa shape index (κ2) is 8.13. The third kappa shape index (κ3) is 7.34. The molecule has 108 valence electrons. The van der Waals surface area contributed by atoms with E-state index in [1.165, 1.54) is 45.3 Å². The Kier molecular flexibility index (Phi) is 7.20. The summed E-state index contributed by atoms with van der Waals surface area (Å²) in [5.41, 5.74) is 0.266. The van der Waals surface area contributed by atoms with Gasteiger partial charge in [0.25, 0.3) is 0 Å². The van der Waals surface area contributed by atoms with Crippen molar-refractivity contribution in [3.8, 4) is 0 Å². The minimum absolute atomic E-state index is 0.266. The number of nitrogens with one attached hydrogen (secondary N) is 1. The van der Waals surface area contributed by atoms with E-state index >= 15 is 0 Å². The summed E-state index contributed by atoms with van der Waals surface area (Å²) < 4.78 is 5.23. The van der Waals surface area contributed by atoms with Crippen LogP contribution in [-0.2, 0) is 4.74 Å². The molecule has 0 aromatic carbocycles. The molecule has 1 saturated heterocycles. The van der Waals surface area contributed by atoms with E-state index in [-0.39, 0.29) is 5.54 Å². The van der Waals surface area contributed by atoms with Crippen molar-refractivity contribution >= 4 is 0 Å². The van der Waals surface area contributed by atoms with Gasteiger partial charge < -0.3 is 15.0 Å². The van der Waals surface area contributed by atoms with Gasteiger partial charge in [-0.1, -0.05) is 6.42 Å². The maximum Gasteiger partial charge on any atom is 0.0503 e. The average molecular weight is 256 g/mol. The van der Waals surface area contributed by atoms with Crippen LogP contribution in [0.15, 0.2) is 0 Å². The summed E-state index contributed by atoms with van der Waals surface area (Å²) in [6.45, 7) is 12.6. The highest BCUT2D eigenvalue weighted by Gasteiger charge is 2.21. The first-order valence-corrected chi connectivity index (χ1v) is 7.47. The van der Waals surface area contributed by atoms with E-state index in [9.17, 15) is 0 Å². The molecule has 1 heterocycles. The van der Waals surface area contributed by atoms with Gasteiger partial charge in [0.2, 0.25) is 0 Å². The lowest BCUT2D eigenvalue weighted by Crippen LogP contribution is -2.36. The summed E-state index contributed by atoms with van der Waals surface area (Å²) in [6.07, 6.45) is 5.30. The minimum atomic E-state index is 0.266.